The number of sulfonamides is 1. The lowest BCUT2D eigenvalue weighted by Gasteiger charge is -2.34. The molecule has 1 aromatic carbocycles. The largest absolute Gasteiger partial charge is 0.385 e. The molecule has 1 saturated heterocycles. The van der Waals surface area contributed by atoms with Gasteiger partial charge in [0.05, 0.1) is 17.1 Å². The molecule has 0 radical (unpaired) electrons. The predicted molar refractivity (Wildman–Crippen MR) is 102 cm³/mol. The molecule has 2 rings (SSSR count). The lowest BCUT2D eigenvalue weighted by Crippen LogP contribution is -2.48. The van der Waals surface area contributed by atoms with E-state index in [0.717, 1.165) is 18.7 Å². The minimum absolute atomic E-state index is 0.0767. The van der Waals surface area contributed by atoms with Gasteiger partial charge in [0.2, 0.25) is 10.0 Å². The Kier molecular flexibility index (Phi) is 7.72. The fourth-order valence-electron chi connectivity index (χ4n) is 3.18. The maximum atomic E-state index is 12.8. The minimum atomic E-state index is -3.45. The van der Waals surface area contributed by atoms with Gasteiger partial charge >= 0.3 is 0 Å². The molecule has 6 heteroatoms. The van der Waals surface area contributed by atoms with E-state index in [-0.39, 0.29) is 12.2 Å². The number of anilines is 1. The van der Waals surface area contributed by atoms with Crippen molar-refractivity contribution in [1.29, 1.82) is 0 Å². The van der Waals surface area contributed by atoms with Crippen molar-refractivity contribution in [2.24, 2.45) is 0 Å². The molecule has 142 valence electrons. The molecule has 0 amide bonds. The third-order valence-corrected chi connectivity index (χ3v) is 6.33. The number of nitrogens with one attached hydrogen (secondary N) is 1. The quantitative estimate of drug-likeness (QED) is 0.672. The molecular formula is C19H32N2O3S. The monoisotopic (exact) mass is 368 g/mol. The van der Waals surface area contributed by atoms with Gasteiger partial charge in [0, 0.05) is 25.3 Å². The summed E-state index contributed by atoms with van der Waals surface area (Å²) in [6.07, 6.45) is 6.06. The van der Waals surface area contributed by atoms with E-state index in [2.05, 4.69) is 12.2 Å². The maximum Gasteiger partial charge on any atom is 0.243 e. The first kappa shape index (κ1) is 20.2. The Labute approximate surface area is 152 Å². The first-order valence-corrected chi connectivity index (χ1v) is 10.9. The van der Waals surface area contributed by atoms with E-state index in [1.807, 2.05) is 26.0 Å². The standard InChI is InChI=1S/C19H32N2O3S/c1-4-5-6-7-8-13-20-18-9-11-19(12-10-18)25(22,23)21-14-16(2)24-17(3)15-21/h9-12,16-17,20H,4-8,13-15H2,1-3H3. The summed E-state index contributed by atoms with van der Waals surface area (Å²) in [7, 11) is -3.45. The average Bonchev–Trinajstić information content (AvgIpc) is 2.57. The van der Waals surface area contributed by atoms with Crippen LogP contribution in [0.4, 0.5) is 5.69 Å². The van der Waals surface area contributed by atoms with Crippen molar-refractivity contribution in [1.82, 2.24) is 4.31 Å². The number of unbranched alkanes of at least 4 members (excludes halogenated alkanes) is 4. The second kappa shape index (κ2) is 9.55. The summed E-state index contributed by atoms with van der Waals surface area (Å²) in [6, 6.07) is 7.09. The summed E-state index contributed by atoms with van der Waals surface area (Å²) in [6.45, 7) is 7.77. The number of morpholine rings is 1. The van der Waals surface area contributed by atoms with E-state index in [1.54, 1.807) is 12.1 Å². The fourth-order valence-corrected chi connectivity index (χ4v) is 4.77. The summed E-state index contributed by atoms with van der Waals surface area (Å²) < 4.78 is 32.8. The summed E-state index contributed by atoms with van der Waals surface area (Å²) in [5.74, 6) is 0. The van der Waals surface area contributed by atoms with Gasteiger partial charge in [-0.25, -0.2) is 8.42 Å². The fraction of sp³-hybridized carbons (Fsp3) is 0.684. The van der Waals surface area contributed by atoms with Crippen LogP contribution in [0.25, 0.3) is 0 Å². The van der Waals surface area contributed by atoms with Gasteiger partial charge in [0.15, 0.2) is 0 Å². The molecule has 0 aliphatic carbocycles. The number of benzene rings is 1. The van der Waals surface area contributed by atoms with Crippen molar-refractivity contribution >= 4 is 15.7 Å². The number of hydrogen-bond donors (Lipinski definition) is 1. The predicted octanol–water partition coefficient (Wildman–Crippen LogP) is 3.87. The van der Waals surface area contributed by atoms with Gasteiger partial charge < -0.3 is 10.1 Å². The lowest BCUT2D eigenvalue weighted by atomic mass is 10.1. The SMILES string of the molecule is CCCCCCCNc1ccc(S(=O)(=O)N2CC(C)OC(C)C2)cc1. The molecule has 1 aliphatic heterocycles. The van der Waals surface area contributed by atoms with Gasteiger partial charge in [-0.05, 0) is 44.5 Å². The molecule has 2 atom stereocenters. The van der Waals surface area contributed by atoms with Crippen LogP contribution < -0.4 is 5.32 Å². The number of nitrogens with zero attached hydrogens (tertiary/aromatic N) is 1. The molecule has 0 bridgehead atoms. The highest BCUT2D eigenvalue weighted by Crippen LogP contribution is 2.22. The molecule has 5 nitrogen and oxygen atoms in total. The lowest BCUT2D eigenvalue weighted by molar-refractivity contribution is -0.0440. The van der Waals surface area contributed by atoms with Crippen LogP contribution in [0.5, 0.6) is 0 Å². The van der Waals surface area contributed by atoms with Gasteiger partial charge in [0.1, 0.15) is 0 Å². The highest BCUT2D eigenvalue weighted by molar-refractivity contribution is 7.89. The van der Waals surface area contributed by atoms with Gasteiger partial charge in [0.25, 0.3) is 0 Å². The molecule has 0 saturated carbocycles. The van der Waals surface area contributed by atoms with Crippen molar-refractivity contribution < 1.29 is 13.2 Å². The van der Waals surface area contributed by atoms with Crippen LogP contribution in [0.2, 0.25) is 0 Å². The average molecular weight is 369 g/mol. The highest BCUT2D eigenvalue weighted by Gasteiger charge is 2.32. The van der Waals surface area contributed by atoms with Gasteiger partial charge in [-0.2, -0.15) is 4.31 Å². The van der Waals surface area contributed by atoms with Gasteiger partial charge in [-0.3, -0.25) is 0 Å². The topological polar surface area (TPSA) is 58.6 Å². The van der Waals surface area contributed by atoms with Crippen LogP contribution in [-0.4, -0.2) is 44.6 Å². The number of ether oxygens (including phenoxy) is 1. The molecule has 0 spiro atoms. The summed E-state index contributed by atoms with van der Waals surface area (Å²) in [5, 5.41) is 3.37. The van der Waals surface area contributed by atoms with Crippen molar-refractivity contribution in [3.8, 4) is 0 Å². The Hall–Kier alpha value is -1.11. The number of rotatable bonds is 9. The van der Waals surface area contributed by atoms with Gasteiger partial charge in [-0.15, -0.1) is 0 Å². The first-order valence-electron chi connectivity index (χ1n) is 9.43. The molecule has 1 fully saturated rings. The Bertz CT molecular complexity index is 606. The van der Waals surface area contributed by atoms with Crippen LogP contribution in [0.1, 0.15) is 52.9 Å². The van der Waals surface area contributed by atoms with Crippen molar-refractivity contribution in [2.75, 3.05) is 25.0 Å². The molecule has 1 aromatic rings. The van der Waals surface area contributed by atoms with Crippen LogP contribution in [0.15, 0.2) is 29.2 Å². The second-order valence-electron chi connectivity index (χ2n) is 6.94. The van der Waals surface area contributed by atoms with E-state index >= 15 is 0 Å². The molecule has 1 heterocycles. The smallest absolute Gasteiger partial charge is 0.243 e. The zero-order chi connectivity index (χ0) is 18.3. The zero-order valence-electron chi connectivity index (χ0n) is 15.7. The molecule has 2 unspecified atom stereocenters. The second-order valence-corrected chi connectivity index (χ2v) is 8.88. The van der Waals surface area contributed by atoms with E-state index in [1.165, 1.54) is 30.0 Å². The van der Waals surface area contributed by atoms with Crippen LogP contribution in [0, 0.1) is 0 Å². The van der Waals surface area contributed by atoms with Crippen LogP contribution >= 0.6 is 0 Å². The Morgan fingerprint density at radius 2 is 1.64 bits per heavy atom. The Morgan fingerprint density at radius 1 is 1.04 bits per heavy atom. The third-order valence-electron chi connectivity index (χ3n) is 4.49. The zero-order valence-corrected chi connectivity index (χ0v) is 16.5. The van der Waals surface area contributed by atoms with E-state index in [0.29, 0.717) is 18.0 Å². The molecule has 25 heavy (non-hydrogen) atoms. The van der Waals surface area contributed by atoms with Crippen molar-refractivity contribution in [3.63, 3.8) is 0 Å². The normalized spacial score (nSPS) is 22.0. The molecule has 1 N–H and O–H groups in total. The van der Waals surface area contributed by atoms with E-state index in [9.17, 15) is 8.42 Å². The van der Waals surface area contributed by atoms with E-state index < -0.39 is 10.0 Å². The Morgan fingerprint density at radius 3 is 2.24 bits per heavy atom. The third kappa shape index (κ3) is 5.97. The first-order chi connectivity index (χ1) is 11.9. The molecule has 0 aromatic heterocycles. The molecule has 1 aliphatic rings. The summed E-state index contributed by atoms with van der Waals surface area (Å²) in [5.41, 5.74) is 0.971. The van der Waals surface area contributed by atoms with Crippen LogP contribution in [-0.2, 0) is 14.8 Å². The summed E-state index contributed by atoms with van der Waals surface area (Å²) in [4.78, 5) is 0.349. The maximum absolute atomic E-state index is 12.8. The van der Waals surface area contributed by atoms with Crippen LogP contribution in [0.3, 0.4) is 0 Å². The summed E-state index contributed by atoms with van der Waals surface area (Å²) >= 11 is 0. The van der Waals surface area contributed by atoms with Gasteiger partial charge in [-0.1, -0.05) is 32.6 Å². The van der Waals surface area contributed by atoms with E-state index in [4.69, 9.17) is 4.74 Å². The van der Waals surface area contributed by atoms with Crippen molar-refractivity contribution in [2.45, 2.75) is 70.0 Å². The molecular weight excluding hydrogens is 336 g/mol. The number of hydrogen-bond acceptors (Lipinski definition) is 4. The van der Waals surface area contributed by atoms with Crippen molar-refractivity contribution in [3.05, 3.63) is 24.3 Å². The Balaban J connectivity index is 1.90. The highest BCUT2D eigenvalue weighted by atomic mass is 32.2. The minimum Gasteiger partial charge on any atom is -0.385 e.